The molecule has 5 atom stereocenters. The van der Waals surface area contributed by atoms with E-state index in [1.165, 1.54) is 0 Å². The summed E-state index contributed by atoms with van der Waals surface area (Å²) in [5.74, 6) is 4.99. The van der Waals surface area contributed by atoms with Gasteiger partial charge in [-0.3, -0.25) is 0 Å². The Kier molecular flexibility index (Phi) is 3.95. The van der Waals surface area contributed by atoms with Gasteiger partial charge >= 0.3 is 0 Å². The summed E-state index contributed by atoms with van der Waals surface area (Å²) < 4.78 is 22.3. The fourth-order valence-electron chi connectivity index (χ4n) is 2.15. The monoisotopic (exact) mass is 256 g/mol. The van der Waals surface area contributed by atoms with E-state index in [1.807, 2.05) is 20.8 Å². The molecule has 0 aromatic rings. The molecule has 0 saturated carbocycles. The summed E-state index contributed by atoms with van der Waals surface area (Å²) in [5.41, 5.74) is 0. The molecule has 18 heavy (non-hydrogen) atoms. The number of hydrogen-bond donors (Lipinski definition) is 1. The molecule has 2 aliphatic rings. The number of ether oxygens (including phenoxy) is 4. The number of aliphatic hydroxyl groups is 1. The normalized spacial score (nSPS) is 38.9. The first-order valence-electron chi connectivity index (χ1n) is 6.20. The minimum absolute atomic E-state index is 0.275. The third kappa shape index (κ3) is 2.68. The molecule has 2 rings (SSSR count). The van der Waals surface area contributed by atoms with Gasteiger partial charge in [0.05, 0.1) is 0 Å². The van der Waals surface area contributed by atoms with Crippen LogP contribution in [0.4, 0.5) is 0 Å². The van der Waals surface area contributed by atoms with Crippen LogP contribution < -0.4 is 0 Å². The number of methoxy groups -OCH3 is 1. The Labute approximate surface area is 107 Å². The van der Waals surface area contributed by atoms with Crippen molar-refractivity contribution in [1.82, 2.24) is 0 Å². The number of aliphatic hydroxyl groups excluding tert-OH is 1. The second-order valence-electron chi connectivity index (χ2n) is 4.94. The van der Waals surface area contributed by atoms with E-state index >= 15 is 0 Å². The van der Waals surface area contributed by atoms with Gasteiger partial charge in [-0.25, -0.2) is 0 Å². The zero-order valence-corrected chi connectivity index (χ0v) is 11.2. The zero-order valence-electron chi connectivity index (χ0n) is 11.2. The fourth-order valence-corrected chi connectivity index (χ4v) is 2.15. The van der Waals surface area contributed by atoms with Gasteiger partial charge in [0.2, 0.25) is 0 Å². The molecule has 2 fully saturated rings. The Hall–Kier alpha value is -0.640. The molecule has 1 N–H and O–H groups in total. The highest BCUT2D eigenvalue weighted by Gasteiger charge is 2.55. The van der Waals surface area contributed by atoms with Gasteiger partial charge in [-0.2, -0.15) is 0 Å². The average molecular weight is 256 g/mol. The van der Waals surface area contributed by atoms with Crippen molar-refractivity contribution in [2.24, 2.45) is 0 Å². The van der Waals surface area contributed by atoms with Gasteiger partial charge in [0, 0.05) is 7.11 Å². The first kappa shape index (κ1) is 13.8. The van der Waals surface area contributed by atoms with Gasteiger partial charge in [0.25, 0.3) is 0 Å². The van der Waals surface area contributed by atoms with Crippen molar-refractivity contribution in [3.8, 4) is 11.8 Å². The van der Waals surface area contributed by atoms with Gasteiger partial charge in [0.15, 0.2) is 18.2 Å². The minimum atomic E-state index is -0.654. The van der Waals surface area contributed by atoms with Crippen LogP contribution in [-0.2, 0) is 18.9 Å². The molecule has 5 heteroatoms. The maximum atomic E-state index is 9.45. The van der Waals surface area contributed by atoms with Crippen LogP contribution in [0, 0.1) is 11.8 Å². The summed E-state index contributed by atoms with van der Waals surface area (Å²) in [7, 11) is 1.56. The van der Waals surface area contributed by atoms with Crippen molar-refractivity contribution in [3.63, 3.8) is 0 Å². The molecule has 0 spiro atoms. The zero-order chi connectivity index (χ0) is 13.3. The van der Waals surface area contributed by atoms with E-state index < -0.39 is 24.3 Å². The Morgan fingerprint density at radius 2 is 2.00 bits per heavy atom. The van der Waals surface area contributed by atoms with E-state index in [1.54, 1.807) is 7.11 Å². The highest BCUT2D eigenvalue weighted by molar-refractivity contribution is 5.15. The Morgan fingerprint density at radius 3 is 2.61 bits per heavy atom. The van der Waals surface area contributed by atoms with E-state index in [0.717, 1.165) is 0 Å². The van der Waals surface area contributed by atoms with Gasteiger partial charge in [0.1, 0.15) is 18.3 Å². The summed E-state index contributed by atoms with van der Waals surface area (Å²) in [6.45, 7) is 5.57. The number of fused-ring (bicyclic) bond motifs is 1. The summed E-state index contributed by atoms with van der Waals surface area (Å²) >= 11 is 0. The van der Waals surface area contributed by atoms with Crippen LogP contribution >= 0.6 is 0 Å². The van der Waals surface area contributed by atoms with Gasteiger partial charge < -0.3 is 24.1 Å². The third-order valence-corrected chi connectivity index (χ3v) is 3.02. The quantitative estimate of drug-likeness (QED) is 0.735. The Morgan fingerprint density at radius 1 is 1.33 bits per heavy atom. The smallest absolute Gasteiger partial charge is 0.187 e. The highest BCUT2D eigenvalue weighted by atomic mass is 16.8. The lowest BCUT2D eigenvalue weighted by atomic mass is 10.1. The van der Waals surface area contributed by atoms with E-state index in [2.05, 4.69) is 11.8 Å². The molecule has 0 aromatic carbocycles. The summed E-state index contributed by atoms with van der Waals surface area (Å²) in [6, 6.07) is 0. The lowest BCUT2D eigenvalue weighted by molar-refractivity contribution is -0.220. The van der Waals surface area contributed by atoms with Crippen LogP contribution in [0.1, 0.15) is 27.2 Å². The second kappa shape index (κ2) is 5.16. The number of hydrogen-bond acceptors (Lipinski definition) is 5. The molecule has 0 aromatic heterocycles. The third-order valence-electron chi connectivity index (χ3n) is 3.02. The molecule has 0 amide bonds. The fraction of sp³-hybridized carbons (Fsp3) is 0.846. The Balaban J connectivity index is 2.10. The predicted molar refractivity (Wildman–Crippen MR) is 63.6 cm³/mol. The van der Waals surface area contributed by atoms with Crippen molar-refractivity contribution in [2.75, 3.05) is 7.11 Å². The van der Waals surface area contributed by atoms with Crippen molar-refractivity contribution >= 4 is 0 Å². The van der Waals surface area contributed by atoms with Crippen molar-refractivity contribution in [2.45, 2.75) is 63.7 Å². The Bertz CT molecular complexity index is 356. The minimum Gasteiger partial charge on any atom is -0.380 e. The van der Waals surface area contributed by atoms with Crippen molar-refractivity contribution in [3.05, 3.63) is 0 Å². The van der Waals surface area contributed by atoms with Crippen LogP contribution in [0.2, 0.25) is 0 Å². The molecule has 0 aliphatic carbocycles. The van der Waals surface area contributed by atoms with Crippen LogP contribution in [0.5, 0.6) is 0 Å². The molecular formula is C13H20O5. The molecule has 1 unspecified atom stereocenters. The van der Waals surface area contributed by atoms with Gasteiger partial charge in [-0.05, 0) is 20.3 Å². The molecule has 0 bridgehead atoms. The van der Waals surface area contributed by atoms with Gasteiger partial charge in [-0.15, -0.1) is 0 Å². The SMILES string of the molecule is CCC(O)C#C[C@H]1O[C@@H](OC)[C@@H]2OC(C)(C)O[C@@H]21. The first-order valence-corrected chi connectivity index (χ1v) is 6.20. The lowest BCUT2D eigenvalue weighted by Gasteiger charge is -2.22. The van der Waals surface area contributed by atoms with Crippen molar-refractivity contribution < 1.29 is 24.1 Å². The maximum Gasteiger partial charge on any atom is 0.187 e. The topological polar surface area (TPSA) is 57.2 Å². The van der Waals surface area contributed by atoms with E-state index in [-0.39, 0.29) is 12.2 Å². The van der Waals surface area contributed by atoms with Crippen LogP contribution in [0.25, 0.3) is 0 Å². The largest absolute Gasteiger partial charge is 0.380 e. The first-order chi connectivity index (χ1) is 8.46. The molecule has 5 nitrogen and oxygen atoms in total. The van der Waals surface area contributed by atoms with Crippen LogP contribution in [0.15, 0.2) is 0 Å². The summed E-state index contributed by atoms with van der Waals surface area (Å²) in [5, 5.41) is 9.45. The summed E-state index contributed by atoms with van der Waals surface area (Å²) in [6.07, 6.45) is -1.50. The van der Waals surface area contributed by atoms with Crippen LogP contribution in [0.3, 0.4) is 0 Å². The molecule has 2 aliphatic heterocycles. The highest BCUT2D eigenvalue weighted by Crippen LogP contribution is 2.38. The van der Waals surface area contributed by atoms with E-state index in [0.29, 0.717) is 6.42 Å². The van der Waals surface area contributed by atoms with Gasteiger partial charge in [-0.1, -0.05) is 18.8 Å². The standard InChI is InChI=1S/C13H20O5/c1-5-8(14)6-7-9-10-11(12(15-4)16-9)18-13(2,3)17-10/h8-12,14H,5H2,1-4H3/t8?,9-,10-,11-,12-/m1/s1. The molecular weight excluding hydrogens is 236 g/mol. The van der Waals surface area contributed by atoms with E-state index in [9.17, 15) is 5.11 Å². The van der Waals surface area contributed by atoms with Crippen LogP contribution in [-0.4, -0.2) is 48.7 Å². The summed E-state index contributed by atoms with van der Waals surface area (Å²) in [4.78, 5) is 0. The van der Waals surface area contributed by atoms with Crippen molar-refractivity contribution in [1.29, 1.82) is 0 Å². The lowest BCUT2D eigenvalue weighted by Crippen LogP contribution is -2.30. The number of rotatable bonds is 2. The molecule has 0 radical (unpaired) electrons. The second-order valence-corrected chi connectivity index (χ2v) is 4.94. The predicted octanol–water partition coefficient (Wildman–Crippen LogP) is 0.652. The molecule has 2 heterocycles. The molecule has 2 saturated heterocycles. The molecule has 102 valence electrons. The van der Waals surface area contributed by atoms with E-state index in [4.69, 9.17) is 18.9 Å². The average Bonchev–Trinajstić information content (AvgIpc) is 2.79. The maximum absolute atomic E-state index is 9.45.